The summed E-state index contributed by atoms with van der Waals surface area (Å²) < 4.78 is 0. The third kappa shape index (κ3) is 2.78. The van der Waals surface area contributed by atoms with Gasteiger partial charge in [0.2, 0.25) is 0 Å². The molecule has 0 radical (unpaired) electrons. The van der Waals surface area contributed by atoms with Gasteiger partial charge in [-0.2, -0.15) is 0 Å². The van der Waals surface area contributed by atoms with Crippen LogP contribution in [0.3, 0.4) is 0 Å². The van der Waals surface area contributed by atoms with Gasteiger partial charge in [-0.15, -0.1) is 0 Å². The standard InChI is InChI=1S/C15H17N3O/c1-9-5-6-13(7-10(9)2)18-15(19)14-11(3)12(4)16-8-17-14/h5-8H,1-4H3,(H,18,19). The molecule has 0 unspecified atom stereocenters. The van der Waals surface area contributed by atoms with Crippen molar-refractivity contribution in [1.29, 1.82) is 0 Å². The first-order chi connectivity index (χ1) is 8.99. The molecule has 2 rings (SSSR count). The molecular weight excluding hydrogens is 238 g/mol. The molecule has 0 spiro atoms. The highest BCUT2D eigenvalue weighted by molar-refractivity contribution is 6.03. The average molecular weight is 255 g/mol. The number of nitrogens with one attached hydrogen (secondary N) is 1. The molecule has 1 N–H and O–H groups in total. The Morgan fingerprint density at radius 2 is 1.79 bits per heavy atom. The van der Waals surface area contributed by atoms with Crippen LogP contribution in [0, 0.1) is 27.7 Å². The van der Waals surface area contributed by atoms with E-state index in [2.05, 4.69) is 15.3 Å². The molecule has 4 heteroatoms. The number of carbonyl (C=O) groups is 1. The third-order valence-electron chi connectivity index (χ3n) is 3.32. The van der Waals surface area contributed by atoms with E-state index in [4.69, 9.17) is 0 Å². The molecule has 0 aliphatic heterocycles. The highest BCUT2D eigenvalue weighted by Gasteiger charge is 2.13. The number of amides is 1. The maximum atomic E-state index is 12.2. The predicted molar refractivity (Wildman–Crippen MR) is 75.4 cm³/mol. The van der Waals surface area contributed by atoms with Gasteiger partial charge in [0.05, 0.1) is 0 Å². The Kier molecular flexibility index (Phi) is 3.60. The summed E-state index contributed by atoms with van der Waals surface area (Å²) in [6.07, 6.45) is 1.41. The van der Waals surface area contributed by atoms with Crippen LogP contribution in [0.2, 0.25) is 0 Å². The number of hydrogen-bond acceptors (Lipinski definition) is 3. The minimum Gasteiger partial charge on any atom is -0.321 e. The van der Waals surface area contributed by atoms with E-state index in [0.29, 0.717) is 5.69 Å². The van der Waals surface area contributed by atoms with Crippen molar-refractivity contribution in [3.05, 3.63) is 52.6 Å². The number of aryl methyl sites for hydroxylation is 3. The van der Waals surface area contributed by atoms with Gasteiger partial charge in [-0.25, -0.2) is 9.97 Å². The summed E-state index contributed by atoms with van der Waals surface area (Å²) in [5, 5.41) is 2.87. The molecule has 1 aromatic carbocycles. The lowest BCUT2D eigenvalue weighted by molar-refractivity contribution is 0.102. The van der Waals surface area contributed by atoms with Crippen molar-refractivity contribution in [2.45, 2.75) is 27.7 Å². The average Bonchev–Trinajstić information content (AvgIpc) is 2.37. The summed E-state index contributed by atoms with van der Waals surface area (Å²) >= 11 is 0. The first kappa shape index (κ1) is 13.2. The molecule has 1 heterocycles. The number of nitrogens with zero attached hydrogens (tertiary/aromatic N) is 2. The second-order valence-corrected chi connectivity index (χ2v) is 4.69. The van der Waals surface area contributed by atoms with Gasteiger partial charge in [0.1, 0.15) is 12.0 Å². The van der Waals surface area contributed by atoms with Crippen LogP contribution in [-0.2, 0) is 0 Å². The number of rotatable bonds is 2. The molecule has 0 aliphatic rings. The highest BCUT2D eigenvalue weighted by atomic mass is 16.1. The molecule has 0 atom stereocenters. The Bertz CT molecular complexity index is 635. The first-order valence-corrected chi connectivity index (χ1v) is 6.16. The van der Waals surface area contributed by atoms with Crippen LogP contribution in [0.1, 0.15) is 32.9 Å². The number of aromatic nitrogens is 2. The lowest BCUT2D eigenvalue weighted by atomic mass is 10.1. The van der Waals surface area contributed by atoms with Gasteiger partial charge in [-0.3, -0.25) is 4.79 Å². The zero-order valence-corrected chi connectivity index (χ0v) is 11.6. The van der Waals surface area contributed by atoms with Gasteiger partial charge in [0, 0.05) is 16.9 Å². The van der Waals surface area contributed by atoms with Crippen molar-refractivity contribution in [2.24, 2.45) is 0 Å². The van der Waals surface area contributed by atoms with Crippen molar-refractivity contribution < 1.29 is 4.79 Å². The van der Waals surface area contributed by atoms with E-state index < -0.39 is 0 Å². The first-order valence-electron chi connectivity index (χ1n) is 6.16. The minimum absolute atomic E-state index is 0.203. The lowest BCUT2D eigenvalue weighted by Crippen LogP contribution is -2.16. The van der Waals surface area contributed by atoms with E-state index >= 15 is 0 Å². The summed E-state index contributed by atoms with van der Waals surface area (Å²) in [6.45, 7) is 7.78. The number of carbonyl (C=O) groups excluding carboxylic acids is 1. The second kappa shape index (κ2) is 5.18. The predicted octanol–water partition coefficient (Wildman–Crippen LogP) is 2.96. The minimum atomic E-state index is -0.203. The summed E-state index contributed by atoms with van der Waals surface area (Å²) in [6, 6.07) is 5.84. The second-order valence-electron chi connectivity index (χ2n) is 4.69. The molecule has 1 amide bonds. The molecule has 0 aliphatic carbocycles. The zero-order chi connectivity index (χ0) is 14.0. The molecule has 98 valence electrons. The van der Waals surface area contributed by atoms with Crippen LogP contribution in [0.25, 0.3) is 0 Å². The third-order valence-corrected chi connectivity index (χ3v) is 3.32. The fourth-order valence-corrected chi connectivity index (χ4v) is 1.78. The van der Waals surface area contributed by atoms with Gasteiger partial charge in [0.25, 0.3) is 5.91 Å². The Morgan fingerprint density at radius 1 is 1.05 bits per heavy atom. The molecule has 4 nitrogen and oxygen atoms in total. The van der Waals surface area contributed by atoms with Gasteiger partial charge in [0.15, 0.2) is 0 Å². The smallest absolute Gasteiger partial charge is 0.274 e. The molecule has 0 saturated heterocycles. The fourth-order valence-electron chi connectivity index (χ4n) is 1.78. The van der Waals surface area contributed by atoms with E-state index in [1.807, 2.05) is 45.9 Å². The van der Waals surface area contributed by atoms with Gasteiger partial charge < -0.3 is 5.32 Å². The van der Waals surface area contributed by atoms with Crippen molar-refractivity contribution >= 4 is 11.6 Å². The van der Waals surface area contributed by atoms with Crippen LogP contribution in [-0.4, -0.2) is 15.9 Å². The SMILES string of the molecule is Cc1ccc(NC(=O)c2ncnc(C)c2C)cc1C. The van der Waals surface area contributed by atoms with Crippen molar-refractivity contribution in [3.63, 3.8) is 0 Å². The topological polar surface area (TPSA) is 54.9 Å². The van der Waals surface area contributed by atoms with Gasteiger partial charge in [-0.1, -0.05) is 6.07 Å². The van der Waals surface area contributed by atoms with Gasteiger partial charge >= 0.3 is 0 Å². The maximum absolute atomic E-state index is 12.2. The normalized spacial score (nSPS) is 10.3. The van der Waals surface area contributed by atoms with Gasteiger partial charge in [-0.05, 0) is 51.0 Å². The maximum Gasteiger partial charge on any atom is 0.274 e. The number of anilines is 1. The zero-order valence-electron chi connectivity index (χ0n) is 11.6. The summed E-state index contributed by atoms with van der Waals surface area (Å²) in [5.74, 6) is -0.203. The number of benzene rings is 1. The van der Waals surface area contributed by atoms with Crippen molar-refractivity contribution in [3.8, 4) is 0 Å². The quantitative estimate of drug-likeness (QED) is 0.897. The number of hydrogen-bond donors (Lipinski definition) is 1. The van der Waals surface area contributed by atoms with E-state index in [9.17, 15) is 4.79 Å². The molecule has 2 aromatic rings. The Hall–Kier alpha value is -2.23. The largest absolute Gasteiger partial charge is 0.321 e. The Balaban J connectivity index is 2.26. The van der Waals surface area contributed by atoms with Crippen LogP contribution in [0.15, 0.2) is 24.5 Å². The van der Waals surface area contributed by atoms with E-state index in [1.165, 1.54) is 11.9 Å². The molecule has 0 bridgehead atoms. The fraction of sp³-hybridized carbons (Fsp3) is 0.267. The lowest BCUT2D eigenvalue weighted by Gasteiger charge is -2.09. The molecule has 0 fully saturated rings. The van der Waals surface area contributed by atoms with Crippen LogP contribution in [0.4, 0.5) is 5.69 Å². The Labute approximate surface area is 112 Å². The van der Waals surface area contributed by atoms with Crippen molar-refractivity contribution in [2.75, 3.05) is 5.32 Å². The molecule has 1 aromatic heterocycles. The Morgan fingerprint density at radius 3 is 2.47 bits per heavy atom. The molecule has 0 saturated carbocycles. The van der Waals surface area contributed by atoms with Crippen LogP contribution >= 0.6 is 0 Å². The van der Waals surface area contributed by atoms with Crippen LogP contribution < -0.4 is 5.32 Å². The molecule has 19 heavy (non-hydrogen) atoms. The molecular formula is C15H17N3O. The van der Waals surface area contributed by atoms with E-state index in [1.54, 1.807) is 0 Å². The van der Waals surface area contributed by atoms with Crippen LogP contribution in [0.5, 0.6) is 0 Å². The van der Waals surface area contributed by atoms with E-state index in [-0.39, 0.29) is 5.91 Å². The summed E-state index contributed by atoms with van der Waals surface area (Å²) in [5.41, 5.74) is 5.18. The van der Waals surface area contributed by atoms with E-state index in [0.717, 1.165) is 22.5 Å². The summed E-state index contributed by atoms with van der Waals surface area (Å²) in [4.78, 5) is 20.3. The summed E-state index contributed by atoms with van der Waals surface area (Å²) in [7, 11) is 0. The van der Waals surface area contributed by atoms with Crippen molar-refractivity contribution in [1.82, 2.24) is 9.97 Å². The highest BCUT2D eigenvalue weighted by Crippen LogP contribution is 2.16. The monoisotopic (exact) mass is 255 g/mol.